The van der Waals surface area contributed by atoms with E-state index in [1.165, 1.54) is 0 Å². The molecule has 1 N–H and O–H groups in total. The Morgan fingerprint density at radius 3 is 2.75 bits per heavy atom. The SMILES string of the molecule is CC1OCCC1CNC(=O)N1CCOCC1. The van der Waals surface area contributed by atoms with Crippen LogP contribution in [0.15, 0.2) is 0 Å². The molecule has 0 bridgehead atoms. The summed E-state index contributed by atoms with van der Waals surface area (Å²) in [6.07, 6.45) is 1.31. The monoisotopic (exact) mass is 228 g/mol. The van der Waals surface area contributed by atoms with Gasteiger partial charge in [-0.2, -0.15) is 0 Å². The van der Waals surface area contributed by atoms with Crippen LogP contribution in [-0.4, -0.2) is 56.5 Å². The van der Waals surface area contributed by atoms with E-state index in [4.69, 9.17) is 9.47 Å². The maximum Gasteiger partial charge on any atom is 0.317 e. The maximum absolute atomic E-state index is 11.8. The van der Waals surface area contributed by atoms with Gasteiger partial charge in [0.2, 0.25) is 0 Å². The lowest BCUT2D eigenvalue weighted by atomic mass is 10.0. The number of amides is 2. The van der Waals surface area contributed by atoms with Crippen LogP contribution in [0.2, 0.25) is 0 Å². The summed E-state index contributed by atoms with van der Waals surface area (Å²) in [5, 5.41) is 2.98. The number of nitrogens with one attached hydrogen (secondary N) is 1. The van der Waals surface area contributed by atoms with Crippen LogP contribution >= 0.6 is 0 Å². The molecule has 0 saturated carbocycles. The molecule has 5 nitrogen and oxygen atoms in total. The van der Waals surface area contributed by atoms with Crippen LogP contribution < -0.4 is 5.32 Å². The van der Waals surface area contributed by atoms with E-state index in [1.807, 2.05) is 4.90 Å². The second-order valence-electron chi connectivity index (χ2n) is 4.41. The highest BCUT2D eigenvalue weighted by Gasteiger charge is 2.25. The Labute approximate surface area is 96.1 Å². The van der Waals surface area contributed by atoms with Crippen LogP contribution in [0, 0.1) is 5.92 Å². The molecule has 0 aromatic carbocycles. The van der Waals surface area contributed by atoms with Crippen molar-refractivity contribution in [3.63, 3.8) is 0 Å². The van der Waals surface area contributed by atoms with Gasteiger partial charge in [0.15, 0.2) is 0 Å². The molecule has 2 unspecified atom stereocenters. The number of carbonyl (C=O) groups excluding carboxylic acids is 1. The van der Waals surface area contributed by atoms with E-state index in [0.29, 0.717) is 32.2 Å². The van der Waals surface area contributed by atoms with Gasteiger partial charge in [-0.15, -0.1) is 0 Å². The molecule has 2 heterocycles. The molecule has 0 aliphatic carbocycles. The zero-order valence-corrected chi connectivity index (χ0v) is 9.78. The minimum atomic E-state index is 0.0300. The molecule has 92 valence electrons. The maximum atomic E-state index is 11.8. The van der Waals surface area contributed by atoms with Gasteiger partial charge in [-0.25, -0.2) is 4.79 Å². The van der Waals surface area contributed by atoms with Gasteiger partial charge in [0.05, 0.1) is 19.3 Å². The fourth-order valence-electron chi connectivity index (χ4n) is 2.14. The Morgan fingerprint density at radius 2 is 2.12 bits per heavy atom. The summed E-state index contributed by atoms with van der Waals surface area (Å²) in [4.78, 5) is 13.6. The summed E-state index contributed by atoms with van der Waals surface area (Å²) < 4.78 is 10.7. The summed E-state index contributed by atoms with van der Waals surface area (Å²) in [6.45, 7) is 6.30. The predicted molar refractivity (Wildman–Crippen MR) is 59.3 cm³/mol. The number of hydrogen-bond acceptors (Lipinski definition) is 3. The lowest BCUT2D eigenvalue weighted by molar-refractivity contribution is 0.0525. The molecular formula is C11H20N2O3. The smallest absolute Gasteiger partial charge is 0.317 e. The fourth-order valence-corrected chi connectivity index (χ4v) is 2.14. The van der Waals surface area contributed by atoms with Crippen molar-refractivity contribution < 1.29 is 14.3 Å². The van der Waals surface area contributed by atoms with Crippen molar-refractivity contribution >= 4 is 6.03 Å². The van der Waals surface area contributed by atoms with E-state index in [1.54, 1.807) is 0 Å². The van der Waals surface area contributed by atoms with E-state index in [9.17, 15) is 4.79 Å². The first-order valence-electron chi connectivity index (χ1n) is 5.99. The van der Waals surface area contributed by atoms with Gasteiger partial charge in [-0.3, -0.25) is 0 Å². The highest BCUT2D eigenvalue weighted by molar-refractivity contribution is 5.74. The Bertz CT molecular complexity index is 241. The lowest BCUT2D eigenvalue weighted by Gasteiger charge is -2.27. The Hall–Kier alpha value is -0.810. The van der Waals surface area contributed by atoms with Crippen molar-refractivity contribution in [1.29, 1.82) is 0 Å². The van der Waals surface area contributed by atoms with E-state index in [0.717, 1.165) is 19.6 Å². The van der Waals surface area contributed by atoms with Gasteiger partial charge in [0.25, 0.3) is 0 Å². The Morgan fingerprint density at radius 1 is 1.38 bits per heavy atom. The summed E-state index contributed by atoms with van der Waals surface area (Å²) in [7, 11) is 0. The molecule has 2 fully saturated rings. The Kier molecular flexibility index (Phi) is 4.01. The number of carbonyl (C=O) groups is 1. The van der Waals surface area contributed by atoms with Gasteiger partial charge < -0.3 is 19.7 Å². The van der Waals surface area contributed by atoms with Crippen LogP contribution in [-0.2, 0) is 9.47 Å². The van der Waals surface area contributed by atoms with E-state index >= 15 is 0 Å². The zero-order valence-electron chi connectivity index (χ0n) is 9.78. The quantitative estimate of drug-likeness (QED) is 0.746. The van der Waals surface area contributed by atoms with Crippen molar-refractivity contribution in [3.05, 3.63) is 0 Å². The summed E-state index contributed by atoms with van der Waals surface area (Å²) in [5.74, 6) is 0.463. The van der Waals surface area contributed by atoms with Crippen LogP contribution in [0.1, 0.15) is 13.3 Å². The molecule has 2 aliphatic rings. The van der Waals surface area contributed by atoms with Gasteiger partial charge in [0.1, 0.15) is 0 Å². The molecule has 0 aromatic heterocycles. The second kappa shape index (κ2) is 5.50. The molecule has 2 atom stereocenters. The summed E-state index contributed by atoms with van der Waals surface area (Å²) in [5.41, 5.74) is 0. The van der Waals surface area contributed by atoms with E-state index < -0.39 is 0 Å². The standard InChI is InChI=1S/C11H20N2O3/c1-9-10(2-5-16-9)8-12-11(14)13-3-6-15-7-4-13/h9-10H,2-8H2,1H3,(H,12,14). The third kappa shape index (κ3) is 2.86. The average molecular weight is 228 g/mol. The molecule has 2 aliphatic heterocycles. The van der Waals surface area contributed by atoms with Crippen molar-refractivity contribution in [2.24, 2.45) is 5.92 Å². The number of ether oxygens (including phenoxy) is 2. The highest BCUT2D eigenvalue weighted by Crippen LogP contribution is 2.19. The molecule has 0 radical (unpaired) electrons. The van der Waals surface area contributed by atoms with Crippen LogP contribution in [0.5, 0.6) is 0 Å². The number of hydrogen-bond donors (Lipinski definition) is 1. The van der Waals surface area contributed by atoms with Crippen LogP contribution in [0.4, 0.5) is 4.79 Å². The topological polar surface area (TPSA) is 50.8 Å². The first kappa shape index (κ1) is 11.7. The summed E-state index contributed by atoms with van der Waals surface area (Å²) in [6, 6.07) is 0.0300. The molecule has 2 rings (SSSR count). The van der Waals surface area contributed by atoms with Crippen LogP contribution in [0.25, 0.3) is 0 Å². The molecule has 2 saturated heterocycles. The van der Waals surface area contributed by atoms with Gasteiger partial charge in [-0.1, -0.05) is 0 Å². The lowest BCUT2D eigenvalue weighted by Crippen LogP contribution is -2.47. The first-order chi connectivity index (χ1) is 7.77. The van der Waals surface area contributed by atoms with Gasteiger partial charge in [0, 0.05) is 32.2 Å². The molecule has 16 heavy (non-hydrogen) atoms. The highest BCUT2D eigenvalue weighted by atomic mass is 16.5. The fraction of sp³-hybridized carbons (Fsp3) is 0.909. The van der Waals surface area contributed by atoms with Crippen molar-refractivity contribution in [2.75, 3.05) is 39.5 Å². The van der Waals surface area contributed by atoms with Crippen molar-refractivity contribution in [1.82, 2.24) is 10.2 Å². The summed E-state index contributed by atoms with van der Waals surface area (Å²) >= 11 is 0. The average Bonchev–Trinajstić information content (AvgIpc) is 2.73. The Balaban J connectivity index is 1.70. The van der Waals surface area contributed by atoms with E-state index in [-0.39, 0.29) is 12.1 Å². The predicted octanol–water partition coefficient (Wildman–Crippen LogP) is 0.453. The van der Waals surface area contributed by atoms with Gasteiger partial charge >= 0.3 is 6.03 Å². The number of urea groups is 1. The third-order valence-corrected chi connectivity index (χ3v) is 3.35. The normalized spacial score (nSPS) is 30.4. The number of nitrogens with zero attached hydrogens (tertiary/aromatic N) is 1. The largest absolute Gasteiger partial charge is 0.378 e. The molecule has 5 heteroatoms. The zero-order chi connectivity index (χ0) is 11.4. The minimum Gasteiger partial charge on any atom is -0.378 e. The minimum absolute atomic E-state index is 0.0300. The van der Waals surface area contributed by atoms with E-state index in [2.05, 4.69) is 12.2 Å². The number of rotatable bonds is 2. The first-order valence-corrected chi connectivity index (χ1v) is 5.99. The third-order valence-electron chi connectivity index (χ3n) is 3.35. The number of morpholine rings is 1. The second-order valence-corrected chi connectivity index (χ2v) is 4.41. The molecule has 0 aromatic rings. The van der Waals surface area contributed by atoms with Crippen LogP contribution in [0.3, 0.4) is 0 Å². The molecule has 0 spiro atoms. The van der Waals surface area contributed by atoms with Gasteiger partial charge in [-0.05, 0) is 13.3 Å². The van der Waals surface area contributed by atoms with Crippen molar-refractivity contribution in [2.45, 2.75) is 19.4 Å². The molecule has 2 amide bonds. The van der Waals surface area contributed by atoms with Crippen molar-refractivity contribution in [3.8, 4) is 0 Å². The molecular weight excluding hydrogens is 208 g/mol.